The number of fused-ring (bicyclic) bond motifs is 1. The van der Waals surface area contributed by atoms with Crippen molar-refractivity contribution in [3.63, 3.8) is 0 Å². The second-order valence-electron chi connectivity index (χ2n) is 7.67. The van der Waals surface area contributed by atoms with Gasteiger partial charge < -0.3 is 65.0 Å². The number of hydrogen-bond donors (Lipinski definition) is 11. The molecule has 1 saturated heterocycles. The molecule has 21 nitrogen and oxygen atoms in total. The van der Waals surface area contributed by atoms with Crippen LogP contribution < -0.4 is 5.73 Å². The van der Waals surface area contributed by atoms with Crippen LogP contribution in [0.15, 0.2) is 12.7 Å². The quantitative estimate of drug-likeness (QED) is 0.101. The van der Waals surface area contributed by atoms with Gasteiger partial charge in [0, 0.05) is 0 Å². The lowest BCUT2D eigenvalue weighted by molar-refractivity contribution is -0.173. The van der Waals surface area contributed by atoms with Gasteiger partial charge in [-0.25, -0.2) is 19.7 Å². The number of nitrogens with zero attached hydrogens (tertiary/aromatic N) is 4. The summed E-state index contributed by atoms with van der Waals surface area (Å²) in [4.78, 5) is 79.8. The van der Waals surface area contributed by atoms with Crippen LogP contribution in [0.25, 0.3) is 11.2 Å². The fourth-order valence-corrected chi connectivity index (χ4v) is 8.05. The molecule has 37 heavy (non-hydrogen) atoms. The van der Waals surface area contributed by atoms with Crippen molar-refractivity contribution in [2.24, 2.45) is 0 Å². The molecule has 0 aliphatic carbocycles. The maximum atomic E-state index is 12.5. The number of nitrogen functional groups attached to an aromatic ring is 1. The third kappa shape index (κ3) is 4.52. The van der Waals surface area contributed by atoms with Gasteiger partial charge in [0.15, 0.2) is 17.7 Å². The number of esters is 1. The van der Waals surface area contributed by atoms with Gasteiger partial charge in [0.05, 0.1) is 6.33 Å². The highest BCUT2D eigenvalue weighted by atomic mass is 31.2. The first-order chi connectivity index (χ1) is 16.7. The molecule has 0 spiro atoms. The molecular weight excluding hydrogens is 575 g/mol. The topological polar surface area (TPSA) is 359 Å². The van der Waals surface area contributed by atoms with Crippen LogP contribution in [-0.4, -0.2) is 111 Å². The van der Waals surface area contributed by atoms with E-state index in [1.165, 1.54) is 0 Å². The second kappa shape index (κ2) is 9.37. The van der Waals surface area contributed by atoms with E-state index in [1.807, 2.05) is 0 Å². The van der Waals surface area contributed by atoms with Gasteiger partial charge in [-0.05, 0) is 0 Å². The number of imidazole rings is 1. The van der Waals surface area contributed by atoms with Gasteiger partial charge in [-0.2, -0.15) is 0 Å². The Morgan fingerprint density at radius 1 is 1.00 bits per heavy atom. The second-order valence-corrected chi connectivity index (χ2v) is 13.2. The predicted octanol–water partition coefficient (Wildman–Crippen LogP) is -4.56. The molecule has 1 fully saturated rings. The summed E-state index contributed by atoms with van der Waals surface area (Å²) in [5, 5.41) is 30.4. The van der Waals surface area contributed by atoms with Crippen LogP contribution in [0, 0.1) is 0 Å². The van der Waals surface area contributed by atoms with Crippen LogP contribution >= 0.6 is 22.8 Å². The Hall–Kier alpha value is -1.93. The normalized spacial score (nSPS) is 25.2. The molecule has 12 N–H and O–H groups in total. The Labute approximate surface area is 203 Å². The number of carbonyl (C=O) groups is 1. The van der Waals surface area contributed by atoms with Crippen LogP contribution in [0.4, 0.5) is 5.82 Å². The van der Waals surface area contributed by atoms with Crippen LogP contribution in [0.5, 0.6) is 0 Å². The summed E-state index contributed by atoms with van der Waals surface area (Å²) in [5.74, 6) is -2.86. The molecule has 5 atom stereocenters. The first-order valence-electron chi connectivity index (χ1n) is 9.43. The number of aromatic nitrogens is 4. The van der Waals surface area contributed by atoms with E-state index in [0.29, 0.717) is 0 Å². The van der Waals surface area contributed by atoms with Crippen molar-refractivity contribution in [1.29, 1.82) is 0 Å². The fourth-order valence-electron chi connectivity index (χ4n) is 3.44. The van der Waals surface area contributed by atoms with Crippen molar-refractivity contribution in [3.05, 3.63) is 12.7 Å². The smallest absolute Gasteiger partial charge is 0.374 e. The number of hydrogen-bond acceptors (Lipinski definition) is 14. The van der Waals surface area contributed by atoms with Crippen molar-refractivity contribution in [2.75, 3.05) is 12.3 Å². The van der Waals surface area contributed by atoms with E-state index in [-0.39, 0.29) is 17.0 Å². The highest BCUT2D eigenvalue weighted by Crippen LogP contribution is 2.77. The molecule has 2 aromatic heterocycles. The van der Waals surface area contributed by atoms with E-state index in [2.05, 4.69) is 19.7 Å². The first kappa shape index (κ1) is 29.6. The largest absolute Gasteiger partial charge is 0.460 e. The number of anilines is 1. The third-order valence-electron chi connectivity index (χ3n) is 5.36. The highest BCUT2D eigenvalue weighted by molar-refractivity contribution is 7.74. The summed E-state index contributed by atoms with van der Waals surface area (Å²) in [5.41, 5.74) is 5.75. The maximum Gasteiger partial charge on any atom is 0.374 e. The van der Waals surface area contributed by atoms with Crippen LogP contribution in [0.2, 0.25) is 0 Å². The van der Waals surface area contributed by atoms with E-state index in [1.54, 1.807) is 0 Å². The molecule has 0 radical (unpaired) electrons. The number of nitrogens with two attached hydrogens (primary N) is 1. The van der Waals surface area contributed by atoms with Crippen LogP contribution in [-0.2, 0) is 28.0 Å². The van der Waals surface area contributed by atoms with E-state index in [0.717, 1.165) is 17.2 Å². The zero-order chi connectivity index (χ0) is 28.4. The van der Waals surface area contributed by atoms with E-state index < -0.39 is 70.3 Å². The average molecular weight is 595 g/mol. The molecule has 0 bridgehead atoms. The van der Waals surface area contributed by atoms with Crippen molar-refractivity contribution < 1.29 is 77.7 Å². The summed E-state index contributed by atoms with van der Waals surface area (Å²) in [6.45, 7) is -1.34. The zero-order valence-corrected chi connectivity index (χ0v) is 20.5. The number of aliphatic hydroxyl groups excluding tert-OH is 2. The Kier molecular flexibility index (Phi) is 7.50. The summed E-state index contributed by atoms with van der Waals surface area (Å²) < 4.78 is 46.0. The molecule has 0 saturated carbocycles. The van der Waals surface area contributed by atoms with Gasteiger partial charge >= 0.3 is 39.2 Å². The van der Waals surface area contributed by atoms with Gasteiger partial charge in [0.25, 0.3) is 0 Å². The summed E-state index contributed by atoms with van der Waals surface area (Å²) in [6.07, 6.45) is -4.89. The molecule has 0 amide bonds. The van der Waals surface area contributed by atoms with Gasteiger partial charge in [-0.3, -0.25) is 18.3 Å². The summed E-state index contributed by atoms with van der Waals surface area (Å²) >= 11 is 0. The average Bonchev–Trinajstić information content (AvgIpc) is 3.30. The Bertz CT molecular complexity index is 1330. The molecular formula is C13H20N5O16P3. The maximum absolute atomic E-state index is 12.5. The lowest BCUT2D eigenvalue weighted by Crippen LogP contribution is -2.59. The third-order valence-corrected chi connectivity index (χ3v) is 10.9. The zero-order valence-electron chi connectivity index (χ0n) is 17.8. The predicted molar refractivity (Wildman–Crippen MR) is 113 cm³/mol. The summed E-state index contributed by atoms with van der Waals surface area (Å²) in [6, 6.07) is 0. The van der Waals surface area contributed by atoms with Gasteiger partial charge in [0.2, 0.25) is 0 Å². The van der Waals surface area contributed by atoms with E-state index in [9.17, 15) is 68.3 Å². The molecule has 3 rings (SSSR count). The van der Waals surface area contributed by atoms with Crippen LogP contribution in [0.3, 0.4) is 0 Å². The van der Waals surface area contributed by atoms with Crippen molar-refractivity contribution in [1.82, 2.24) is 19.5 Å². The SMILES string of the molecule is Nc1ncnc2c1ncn2[C@@H]1O[C@H](COC(=O)C(O)(C(O)(P(=O)(O)O)P(=O)(O)O)P(=O)(O)O)[C@@H](O)[C@H]1O. The molecule has 208 valence electrons. The standard InChI is InChI=1S/C13H20N5O16P3/c14-8-5-9(16-2-15-8)18(3-17-5)10-7(20)6(19)4(34-10)1-33-11(21)12(22,35(24,25)26)13(23,36(27,28)29)37(30,31)32/h2-4,6-7,10,19-20,22-23H,1H2,(H2,14,15,16)(H2,24,25,26)(H2,27,28,29)(H2,30,31,32)/t4-,6-,7-,10-,12?/m1/s1. The molecule has 1 aliphatic heterocycles. The van der Waals surface area contributed by atoms with Crippen molar-refractivity contribution in [2.45, 2.75) is 35.0 Å². The Morgan fingerprint density at radius 2 is 1.57 bits per heavy atom. The lowest BCUT2D eigenvalue weighted by atomic mass is 10.1. The molecule has 1 aliphatic rings. The van der Waals surface area contributed by atoms with E-state index in [4.69, 9.17) is 10.5 Å². The van der Waals surface area contributed by atoms with Crippen molar-refractivity contribution in [3.8, 4) is 0 Å². The van der Waals surface area contributed by atoms with Crippen LogP contribution in [0.1, 0.15) is 6.23 Å². The first-order valence-corrected chi connectivity index (χ1v) is 14.3. The minimum Gasteiger partial charge on any atom is -0.460 e. The van der Waals surface area contributed by atoms with Gasteiger partial charge in [-0.15, -0.1) is 0 Å². The Balaban J connectivity index is 1.91. The monoisotopic (exact) mass is 595 g/mol. The minimum absolute atomic E-state index is 0.0191. The molecule has 24 heteroatoms. The molecule has 1 unspecified atom stereocenters. The Morgan fingerprint density at radius 3 is 2.08 bits per heavy atom. The highest BCUT2D eigenvalue weighted by Gasteiger charge is 2.82. The van der Waals surface area contributed by atoms with E-state index >= 15 is 0 Å². The number of carbonyl (C=O) groups excluding carboxylic acids is 1. The number of aliphatic hydroxyl groups is 4. The van der Waals surface area contributed by atoms with Gasteiger partial charge in [0.1, 0.15) is 36.8 Å². The molecule has 0 aromatic carbocycles. The minimum atomic E-state index is -6.83. The fraction of sp³-hybridized carbons (Fsp3) is 0.538. The molecule has 2 aromatic rings. The number of ether oxygens (including phenoxy) is 2. The summed E-state index contributed by atoms with van der Waals surface area (Å²) in [7, 11) is -20.4. The molecule has 3 heterocycles. The van der Waals surface area contributed by atoms with Crippen molar-refractivity contribution >= 4 is 45.7 Å². The van der Waals surface area contributed by atoms with Gasteiger partial charge in [-0.1, -0.05) is 0 Å². The lowest BCUT2D eigenvalue weighted by Gasteiger charge is -2.40. The number of rotatable bonds is 8.